The quantitative estimate of drug-likeness (QED) is 0.272. The van der Waals surface area contributed by atoms with Crippen LogP contribution in [0.25, 0.3) is 0 Å². The third-order valence-electron chi connectivity index (χ3n) is 5.35. The lowest BCUT2D eigenvalue weighted by atomic mass is 10.0. The molecule has 3 N–H and O–H groups in total. The van der Waals surface area contributed by atoms with Gasteiger partial charge >= 0.3 is 0 Å². The summed E-state index contributed by atoms with van der Waals surface area (Å²) in [7, 11) is 0. The number of pyridine rings is 1. The molecule has 0 radical (unpaired) electrons. The molecule has 4 rings (SSSR count). The molecule has 1 saturated carbocycles. The van der Waals surface area contributed by atoms with Gasteiger partial charge in [0.2, 0.25) is 5.91 Å². The smallest absolute Gasteiger partial charge is 0.231 e. The number of nitrogen functional groups attached to an aromatic ring is 1. The fraction of sp³-hybridized carbons (Fsp3) is 0.174. The van der Waals surface area contributed by atoms with Crippen LogP contribution in [0.15, 0.2) is 54.9 Å². The van der Waals surface area contributed by atoms with E-state index in [9.17, 15) is 9.59 Å². The van der Waals surface area contributed by atoms with Crippen LogP contribution in [0.3, 0.4) is 0 Å². The number of nitrogens with zero attached hydrogens (tertiary/aromatic N) is 1. The third-order valence-corrected chi connectivity index (χ3v) is 7.36. The van der Waals surface area contributed by atoms with Gasteiger partial charge in [0.25, 0.3) is 0 Å². The van der Waals surface area contributed by atoms with Crippen molar-refractivity contribution in [2.75, 3.05) is 11.1 Å². The van der Waals surface area contributed by atoms with E-state index in [1.807, 2.05) is 0 Å². The number of Topliss-reactive ketones (excluding diaryl/α,β-unsaturated/α-hetero) is 1. The highest BCUT2D eigenvalue weighted by Crippen LogP contribution is 2.65. The molecule has 1 aliphatic rings. The summed E-state index contributed by atoms with van der Waals surface area (Å²) in [6.45, 7) is 0. The molecular formula is C23H16Cl5N3O2. The Labute approximate surface area is 215 Å². The summed E-state index contributed by atoms with van der Waals surface area (Å²) in [5, 5.41) is 3.77. The molecule has 5 nitrogen and oxygen atoms in total. The van der Waals surface area contributed by atoms with Crippen molar-refractivity contribution in [3.05, 3.63) is 86.6 Å². The van der Waals surface area contributed by atoms with Gasteiger partial charge in [0.1, 0.15) is 4.33 Å². The van der Waals surface area contributed by atoms with Crippen LogP contribution in [0.1, 0.15) is 27.4 Å². The molecule has 1 heterocycles. The lowest BCUT2D eigenvalue weighted by Crippen LogP contribution is -2.17. The predicted octanol–water partition coefficient (Wildman–Crippen LogP) is 6.58. The first kappa shape index (κ1) is 24.1. The maximum absolute atomic E-state index is 12.9. The molecule has 0 aliphatic heterocycles. The van der Waals surface area contributed by atoms with Gasteiger partial charge in [-0.15, -0.1) is 23.2 Å². The number of anilines is 2. The number of alkyl halides is 2. The van der Waals surface area contributed by atoms with Crippen LogP contribution >= 0.6 is 58.0 Å². The number of carbonyl (C=O) groups excluding carboxylic acids is 2. The molecule has 3 aromatic rings. The van der Waals surface area contributed by atoms with E-state index in [-0.39, 0.29) is 22.8 Å². The first-order valence-electron chi connectivity index (χ1n) is 9.73. The van der Waals surface area contributed by atoms with Gasteiger partial charge < -0.3 is 11.1 Å². The fourth-order valence-electron chi connectivity index (χ4n) is 3.70. The molecule has 2 aromatic carbocycles. The average molecular weight is 544 g/mol. The largest absolute Gasteiger partial charge is 0.397 e. The minimum absolute atomic E-state index is 0.0592. The van der Waals surface area contributed by atoms with Gasteiger partial charge in [-0.05, 0) is 47.5 Å². The highest BCUT2D eigenvalue weighted by Gasteiger charge is 2.67. The van der Waals surface area contributed by atoms with Crippen molar-refractivity contribution in [3.63, 3.8) is 0 Å². The Balaban J connectivity index is 1.50. The maximum atomic E-state index is 12.9. The fourth-order valence-corrected chi connectivity index (χ4v) is 5.05. The van der Waals surface area contributed by atoms with Crippen LogP contribution in [0.2, 0.25) is 15.1 Å². The van der Waals surface area contributed by atoms with Gasteiger partial charge in [-0.2, -0.15) is 0 Å². The number of benzene rings is 2. The second-order valence-electron chi connectivity index (χ2n) is 7.71. The van der Waals surface area contributed by atoms with Crippen molar-refractivity contribution in [2.45, 2.75) is 16.7 Å². The van der Waals surface area contributed by atoms with E-state index in [4.69, 9.17) is 63.7 Å². The summed E-state index contributed by atoms with van der Waals surface area (Å²) in [6.07, 6.45) is 3.11. The summed E-state index contributed by atoms with van der Waals surface area (Å²) in [4.78, 5) is 29.7. The van der Waals surface area contributed by atoms with E-state index in [1.54, 1.807) is 42.6 Å². The van der Waals surface area contributed by atoms with Crippen LogP contribution in [0, 0.1) is 5.92 Å². The second-order valence-corrected chi connectivity index (χ2v) is 10.4. The Morgan fingerprint density at radius 2 is 1.70 bits per heavy atom. The molecule has 1 aliphatic carbocycles. The standard InChI is InChI=1S/C23H16Cl5N3O2/c24-16-4-2-14(8-15(16)19(32)6-11-5-13(29)10-30-9-11)31-22(33)21-20(23(21,27)28)12-1-3-17(25)18(26)7-12/h1-5,7-10,20-21H,6,29H2,(H,31,33)/t20-,21+/m0/s1. The zero-order chi connectivity index (χ0) is 23.9. The molecule has 10 heteroatoms. The first-order chi connectivity index (χ1) is 15.6. The second kappa shape index (κ2) is 9.32. The minimum atomic E-state index is -1.30. The summed E-state index contributed by atoms with van der Waals surface area (Å²) >= 11 is 31.1. The van der Waals surface area contributed by atoms with Gasteiger partial charge in [-0.3, -0.25) is 14.6 Å². The lowest BCUT2D eigenvalue weighted by molar-refractivity contribution is -0.117. The predicted molar refractivity (Wildman–Crippen MR) is 134 cm³/mol. The average Bonchev–Trinajstić information content (AvgIpc) is 3.33. The Morgan fingerprint density at radius 1 is 0.970 bits per heavy atom. The monoisotopic (exact) mass is 541 g/mol. The topological polar surface area (TPSA) is 85.1 Å². The van der Waals surface area contributed by atoms with Crippen LogP contribution in [-0.4, -0.2) is 21.0 Å². The van der Waals surface area contributed by atoms with Gasteiger partial charge in [0.05, 0.1) is 26.7 Å². The highest BCUT2D eigenvalue weighted by molar-refractivity contribution is 6.53. The number of rotatable bonds is 6. The van der Waals surface area contributed by atoms with Crippen molar-refractivity contribution in [3.8, 4) is 0 Å². The maximum Gasteiger partial charge on any atom is 0.231 e. The zero-order valence-corrected chi connectivity index (χ0v) is 20.6. The van der Waals surface area contributed by atoms with Crippen molar-refractivity contribution >= 4 is 81.1 Å². The van der Waals surface area contributed by atoms with Crippen molar-refractivity contribution in [1.29, 1.82) is 0 Å². The minimum Gasteiger partial charge on any atom is -0.397 e. The summed E-state index contributed by atoms with van der Waals surface area (Å²) in [5.41, 5.74) is 8.19. The number of nitrogens with two attached hydrogens (primary N) is 1. The molecule has 0 bridgehead atoms. The normalized spacial score (nSPS) is 18.6. The Kier molecular flexibility index (Phi) is 6.81. The van der Waals surface area contributed by atoms with Gasteiger partial charge in [0, 0.05) is 36.0 Å². The Hall–Kier alpha value is -2.02. The molecule has 2 atom stereocenters. The molecule has 33 heavy (non-hydrogen) atoms. The molecule has 170 valence electrons. The molecule has 0 unspecified atom stereocenters. The van der Waals surface area contributed by atoms with Crippen LogP contribution in [0.4, 0.5) is 11.4 Å². The number of nitrogens with one attached hydrogen (secondary N) is 1. The SMILES string of the molecule is Nc1cncc(CC(=O)c2cc(NC(=O)[C@H]3[C@H](c4ccc(Cl)c(Cl)c4)C3(Cl)Cl)ccc2Cl)c1. The number of amides is 1. The Bertz CT molecular complexity index is 1260. The third kappa shape index (κ3) is 5.08. The summed E-state index contributed by atoms with van der Waals surface area (Å²) in [5.74, 6) is -1.81. The van der Waals surface area contributed by atoms with E-state index in [2.05, 4.69) is 10.3 Å². The molecule has 1 fully saturated rings. The summed E-state index contributed by atoms with van der Waals surface area (Å²) in [6, 6.07) is 11.3. The van der Waals surface area contributed by atoms with Crippen LogP contribution in [-0.2, 0) is 11.2 Å². The summed E-state index contributed by atoms with van der Waals surface area (Å²) < 4.78 is -1.30. The van der Waals surface area contributed by atoms with E-state index >= 15 is 0 Å². The van der Waals surface area contributed by atoms with Crippen LogP contribution < -0.4 is 11.1 Å². The molecule has 0 saturated heterocycles. The van der Waals surface area contributed by atoms with Crippen molar-refractivity contribution in [1.82, 2.24) is 4.98 Å². The van der Waals surface area contributed by atoms with E-state index in [1.165, 1.54) is 12.3 Å². The van der Waals surface area contributed by atoms with Gasteiger partial charge in [-0.25, -0.2) is 0 Å². The Morgan fingerprint density at radius 3 is 2.39 bits per heavy atom. The molecule has 0 spiro atoms. The molecular weight excluding hydrogens is 528 g/mol. The first-order valence-corrected chi connectivity index (χ1v) is 11.6. The highest BCUT2D eigenvalue weighted by atomic mass is 35.5. The molecule has 1 amide bonds. The van der Waals surface area contributed by atoms with Crippen LogP contribution in [0.5, 0.6) is 0 Å². The molecule has 1 aromatic heterocycles. The van der Waals surface area contributed by atoms with E-state index in [0.29, 0.717) is 32.5 Å². The van der Waals surface area contributed by atoms with Crippen molar-refractivity contribution < 1.29 is 9.59 Å². The van der Waals surface area contributed by atoms with Gasteiger partial charge in [0.15, 0.2) is 5.78 Å². The van der Waals surface area contributed by atoms with Crippen molar-refractivity contribution in [2.24, 2.45) is 5.92 Å². The zero-order valence-electron chi connectivity index (χ0n) is 16.8. The van der Waals surface area contributed by atoms with Gasteiger partial charge in [-0.1, -0.05) is 40.9 Å². The number of hydrogen-bond acceptors (Lipinski definition) is 4. The lowest BCUT2D eigenvalue weighted by Gasteiger charge is -2.09. The van der Waals surface area contributed by atoms with E-state index in [0.717, 1.165) is 0 Å². The number of ketones is 1. The number of halogens is 5. The number of hydrogen-bond donors (Lipinski definition) is 2. The number of aromatic nitrogens is 1. The number of carbonyl (C=O) groups is 2. The van der Waals surface area contributed by atoms with E-state index < -0.39 is 22.1 Å².